The van der Waals surface area contributed by atoms with Crippen LogP contribution in [0.2, 0.25) is 0 Å². The van der Waals surface area contributed by atoms with Gasteiger partial charge in [-0.1, -0.05) is 13.0 Å². The van der Waals surface area contributed by atoms with Gasteiger partial charge in [-0.25, -0.2) is 0 Å². The minimum Gasteiger partial charge on any atom is -0.346 e. The van der Waals surface area contributed by atoms with Gasteiger partial charge in [-0.15, -0.1) is 11.3 Å². The number of fused-ring (bicyclic) bond motifs is 1. The SMILES string of the molecule is CCC(=O)N1CCc2sc(C(=O)NCc3ccccn3)cc2C1. The van der Waals surface area contributed by atoms with Crippen LogP contribution in [-0.2, 0) is 24.3 Å². The summed E-state index contributed by atoms with van der Waals surface area (Å²) in [6.45, 7) is 3.66. The van der Waals surface area contributed by atoms with Gasteiger partial charge in [-0.2, -0.15) is 0 Å². The van der Waals surface area contributed by atoms with E-state index in [0.29, 0.717) is 24.4 Å². The molecule has 120 valence electrons. The molecule has 0 radical (unpaired) electrons. The third kappa shape index (κ3) is 3.59. The molecule has 2 aromatic heterocycles. The first-order chi connectivity index (χ1) is 11.2. The van der Waals surface area contributed by atoms with Gasteiger partial charge in [0.25, 0.3) is 5.91 Å². The van der Waals surface area contributed by atoms with E-state index in [1.54, 1.807) is 6.20 Å². The number of aromatic nitrogens is 1. The number of carbonyl (C=O) groups is 2. The molecule has 0 unspecified atom stereocenters. The Hall–Kier alpha value is -2.21. The van der Waals surface area contributed by atoms with Gasteiger partial charge in [-0.3, -0.25) is 14.6 Å². The van der Waals surface area contributed by atoms with E-state index in [0.717, 1.165) is 24.2 Å². The van der Waals surface area contributed by atoms with Crippen LogP contribution in [0, 0.1) is 0 Å². The van der Waals surface area contributed by atoms with Gasteiger partial charge < -0.3 is 10.2 Å². The van der Waals surface area contributed by atoms with Crippen LogP contribution in [0.4, 0.5) is 0 Å². The molecule has 6 heteroatoms. The highest BCUT2D eigenvalue weighted by atomic mass is 32.1. The van der Waals surface area contributed by atoms with Crippen LogP contribution >= 0.6 is 11.3 Å². The lowest BCUT2D eigenvalue weighted by Gasteiger charge is -2.26. The molecule has 2 aromatic rings. The molecule has 0 bridgehead atoms. The van der Waals surface area contributed by atoms with E-state index in [9.17, 15) is 9.59 Å². The van der Waals surface area contributed by atoms with Crippen LogP contribution in [0.15, 0.2) is 30.5 Å². The summed E-state index contributed by atoms with van der Waals surface area (Å²) in [5.74, 6) is 0.0893. The second kappa shape index (κ2) is 6.91. The summed E-state index contributed by atoms with van der Waals surface area (Å²) in [6, 6.07) is 7.55. The Kier molecular flexibility index (Phi) is 4.71. The predicted octanol–water partition coefficient (Wildman–Crippen LogP) is 2.37. The minimum atomic E-state index is -0.0802. The lowest BCUT2D eigenvalue weighted by Crippen LogP contribution is -2.34. The standard InChI is InChI=1S/C17H19N3O2S/c1-2-16(21)20-8-6-14-12(11-20)9-15(23-14)17(22)19-10-13-5-3-4-7-18-13/h3-5,7,9H,2,6,8,10-11H2,1H3,(H,19,22). The first kappa shape index (κ1) is 15.7. The number of rotatable bonds is 4. The molecule has 0 aromatic carbocycles. The Bertz CT molecular complexity index is 712. The first-order valence-electron chi connectivity index (χ1n) is 7.75. The summed E-state index contributed by atoms with van der Waals surface area (Å²) in [6.07, 6.45) is 3.07. The van der Waals surface area contributed by atoms with Gasteiger partial charge >= 0.3 is 0 Å². The van der Waals surface area contributed by atoms with Crippen molar-refractivity contribution in [2.24, 2.45) is 0 Å². The molecule has 0 aliphatic carbocycles. The average molecular weight is 329 g/mol. The smallest absolute Gasteiger partial charge is 0.261 e. The molecule has 1 N–H and O–H groups in total. The monoisotopic (exact) mass is 329 g/mol. The number of nitrogens with zero attached hydrogens (tertiary/aromatic N) is 2. The van der Waals surface area contributed by atoms with Crippen LogP contribution in [0.5, 0.6) is 0 Å². The Morgan fingerprint density at radius 3 is 3.00 bits per heavy atom. The van der Waals surface area contributed by atoms with Gasteiger partial charge in [0.05, 0.1) is 17.1 Å². The van der Waals surface area contributed by atoms with Crippen LogP contribution in [0.25, 0.3) is 0 Å². The zero-order valence-corrected chi connectivity index (χ0v) is 13.9. The molecule has 0 spiro atoms. The maximum Gasteiger partial charge on any atom is 0.261 e. The van der Waals surface area contributed by atoms with Gasteiger partial charge in [0.1, 0.15) is 0 Å². The fourth-order valence-electron chi connectivity index (χ4n) is 2.64. The molecule has 3 heterocycles. The molecule has 0 saturated heterocycles. The van der Waals surface area contributed by atoms with Crippen molar-refractivity contribution in [3.8, 4) is 0 Å². The molecule has 0 atom stereocenters. The number of thiophene rings is 1. The third-order valence-corrected chi connectivity index (χ3v) is 5.14. The van der Waals surface area contributed by atoms with E-state index in [4.69, 9.17) is 0 Å². The van der Waals surface area contributed by atoms with Crippen LogP contribution in [0.1, 0.15) is 39.2 Å². The van der Waals surface area contributed by atoms with Crippen LogP contribution in [-0.4, -0.2) is 28.2 Å². The number of carbonyl (C=O) groups excluding carboxylic acids is 2. The van der Waals surface area contributed by atoms with Crippen molar-refractivity contribution < 1.29 is 9.59 Å². The Labute approximate surface area is 139 Å². The number of hydrogen-bond donors (Lipinski definition) is 1. The van der Waals surface area contributed by atoms with E-state index >= 15 is 0 Å². The van der Waals surface area contributed by atoms with Gasteiger partial charge in [0.2, 0.25) is 5.91 Å². The van der Waals surface area contributed by atoms with Crippen molar-refractivity contribution in [3.63, 3.8) is 0 Å². The molecule has 23 heavy (non-hydrogen) atoms. The summed E-state index contributed by atoms with van der Waals surface area (Å²) in [5.41, 5.74) is 1.94. The Morgan fingerprint density at radius 1 is 1.39 bits per heavy atom. The number of amides is 2. The molecule has 1 aliphatic heterocycles. The maximum atomic E-state index is 12.3. The largest absolute Gasteiger partial charge is 0.346 e. The van der Waals surface area contributed by atoms with Crippen molar-refractivity contribution in [1.29, 1.82) is 0 Å². The number of nitrogens with one attached hydrogen (secondary N) is 1. The fourth-order valence-corrected chi connectivity index (χ4v) is 3.72. The highest BCUT2D eigenvalue weighted by molar-refractivity contribution is 7.14. The molecule has 1 aliphatic rings. The Balaban J connectivity index is 1.65. The average Bonchev–Trinajstić information content (AvgIpc) is 3.03. The van der Waals surface area contributed by atoms with Gasteiger partial charge in [0, 0.05) is 30.6 Å². The third-order valence-electron chi connectivity index (χ3n) is 3.90. The molecule has 0 saturated carbocycles. The van der Waals surface area contributed by atoms with E-state index in [-0.39, 0.29) is 11.8 Å². The predicted molar refractivity (Wildman–Crippen MR) is 89.1 cm³/mol. The topological polar surface area (TPSA) is 62.3 Å². The number of hydrogen-bond acceptors (Lipinski definition) is 4. The lowest BCUT2D eigenvalue weighted by atomic mass is 10.1. The van der Waals surface area contributed by atoms with Gasteiger partial charge in [0.15, 0.2) is 0 Å². The van der Waals surface area contributed by atoms with Crippen molar-refractivity contribution in [2.75, 3.05) is 6.54 Å². The highest BCUT2D eigenvalue weighted by Gasteiger charge is 2.23. The second-order valence-electron chi connectivity index (χ2n) is 5.48. The second-order valence-corrected chi connectivity index (χ2v) is 6.62. The Morgan fingerprint density at radius 2 is 2.26 bits per heavy atom. The zero-order chi connectivity index (χ0) is 16.2. The molecule has 0 fully saturated rings. The summed E-state index contributed by atoms with van der Waals surface area (Å²) in [5, 5.41) is 2.90. The van der Waals surface area contributed by atoms with Crippen molar-refractivity contribution in [3.05, 3.63) is 51.5 Å². The van der Waals surface area contributed by atoms with Crippen LogP contribution < -0.4 is 5.32 Å². The zero-order valence-electron chi connectivity index (χ0n) is 13.0. The van der Waals surface area contributed by atoms with Crippen molar-refractivity contribution in [2.45, 2.75) is 32.9 Å². The molecule has 2 amide bonds. The highest BCUT2D eigenvalue weighted by Crippen LogP contribution is 2.28. The minimum absolute atomic E-state index is 0.0802. The normalized spacial score (nSPS) is 13.5. The van der Waals surface area contributed by atoms with Gasteiger partial charge in [-0.05, 0) is 30.2 Å². The summed E-state index contributed by atoms with van der Waals surface area (Å²) in [7, 11) is 0. The van der Waals surface area contributed by atoms with Crippen molar-refractivity contribution in [1.82, 2.24) is 15.2 Å². The first-order valence-corrected chi connectivity index (χ1v) is 8.56. The summed E-state index contributed by atoms with van der Waals surface area (Å²) < 4.78 is 0. The number of pyridine rings is 1. The maximum absolute atomic E-state index is 12.3. The van der Waals surface area contributed by atoms with E-state index in [1.165, 1.54) is 16.2 Å². The molecule has 5 nitrogen and oxygen atoms in total. The van der Waals surface area contributed by atoms with E-state index < -0.39 is 0 Å². The quantitative estimate of drug-likeness (QED) is 0.937. The summed E-state index contributed by atoms with van der Waals surface area (Å²) in [4.78, 5) is 32.1. The van der Waals surface area contributed by atoms with E-state index in [2.05, 4.69) is 10.3 Å². The summed E-state index contributed by atoms with van der Waals surface area (Å²) >= 11 is 1.53. The van der Waals surface area contributed by atoms with Crippen LogP contribution in [0.3, 0.4) is 0 Å². The van der Waals surface area contributed by atoms with E-state index in [1.807, 2.05) is 36.1 Å². The molecule has 3 rings (SSSR count). The molecular formula is C17H19N3O2S. The fraction of sp³-hybridized carbons (Fsp3) is 0.353. The lowest BCUT2D eigenvalue weighted by molar-refractivity contribution is -0.131. The van der Waals surface area contributed by atoms with Crippen molar-refractivity contribution >= 4 is 23.2 Å². The molecular weight excluding hydrogens is 310 g/mol.